The molecule has 8 nitrogen and oxygen atoms in total. The van der Waals surface area contributed by atoms with E-state index in [-0.39, 0.29) is 17.1 Å². The summed E-state index contributed by atoms with van der Waals surface area (Å²) < 4.78 is 27.5. The Balaban J connectivity index is 1.72. The van der Waals surface area contributed by atoms with Gasteiger partial charge in [0, 0.05) is 38.0 Å². The largest absolute Gasteiger partial charge is 0.357 e. The fraction of sp³-hybridized carbons (Fsp3) is 0.353. The molecular weight excluding hydrogens is 356 g/mol. The number of non-ortho nitro benzene ring substituents is 1. The van der Waals surface area contributed by atoms with Gasteiger partial charge in [0.1, 0.15) is 5.82 Å². The molecule has 26 heavy (non-hydrogen) atoms. The fourth-order valence-corrected chi connectivity index (χ4v) is 4.18. The molecule has 0 bridgehead atoms. The molecule has 1 saturated heterocycles. The molecule has 1 aromatic heterocycles. The van der Waals surface area contributed by atoms with E-state index in [0.717, 1.165) is 43.4 Å². The minimum atomic E-state index is -3.86. The molecule has 2 heterocycles. The van der Waals surface area contributed by atoms with Crippen molar-refractivity contribution in [3.8, 4) is 0 Å². The first-order chi connectivity index (χ1) is 12.4. The third-order valence-corrected chi connectivity index (χ3v) is 5.92. The molecule has 1 aromatic carbocycles. The molecule has 0 saturated carbocycles. The van der Waals surface area contributed by atoms with Gasteiger partial charge in [0.15, 0.2) is 0 Å². The zero-order chi connectivity index (χ0) is 18.7. The number of aryl methyl sites for hydroxylation is 1. The molecule has 138 valence electrons. The van der Waals surface area contributed by atoms with Crippen molar-refractivity contribution in [3.05, 3.63) is 57.8 Å². The SMILES string of the molecule is Cc1ccc([N+](=O)[O-])cc1S(=O)(=O)NCc1ccc(N2CCCC2)nc1. The van der Waals surface area contributed by atoms with Crippen LogP contribution in [0.4, 0.5) is 11.5 Å². The van der Waals surface area contributed by atoms with E-state index >= 15 is 0 Å². The Morgan fingerprint density at radius 3 is 2.58 bits per heavy atom. The standard InChI is InChI=1S/C17H20N4O4S/c1-13-4-6-15(21(22)23)10-16(13)26(24,25)19-12-14-5-7-17(18-11-14)20-8-2-3-9-20/h4-7,10-11,19H,2-3,8-9,12H2,1H3. The van der Waals surface area contributed by atoms with E-state index in [0.29, 0.717) is 5.56 Å². The average Bonchev–Trinajstić information content (AvgIpc) is 3.15. The molecule has 1 aliphatic rings. The molecule has 2 aromatic rings. The van der Waals surface area contributed by atoms with Crippen molar-refractivity contribution in [2.45, 2.75) is 31.2 Å². The van der Waals surface area contributed by atoms with Gasteiger partial charge in [0.2, 0.25) is 10.0 Å². The zero-order valence-electron chi connectivity index (χ0n) is 14.4. The Kier molecular flexibility index (Phi) is 5.19. The van der Waals surface area contributed by atoms with Crippen LogP contribution in [0.25, 0.3) is 0 Å². The molecule has 9 heteroatoms. The van der Waals surface area contributed by atoms with Crippen molar-refractivity contribution < 1.29 is 13.3 Å². The van der Waals surface area contributed by atoms with Gasteiger partial charge in [0.25, 0.3) is 5.69 Å². The van der Waals surface area contributed by atoms with Gasteiger partial charge in [-0.3, -0.25) is 10.1 Å². The predicted octanol–water partition coefficient (Wildman–Crippen LogP) is 2.38. The van der Waals surface area contributed by atoms with Crippen LogP contribution in [0.3, 0.4) is 0 Å². The molecular formula is C17H20N4O4S. The van der Waals surface area contributed by atoms with E-state index in [2.05, 4.69) is 14.6 Å². The zero-order valence-corrected chi connectivity index (χ0v) is 15.2. The van der Waals surface area contributed by atoms with E-state index in [4.69, 9.17) is 0 Å². The van der Waals surface area contributed by atoms with Crippen molar-refractivity contribution in [1.82, 2.24) is 9.71 Å². The summed E-state index contributed by atoms with van der Waals surface area (Å²) in [6.07, 6.45) is 3.97. The number of nitro benzene ring substituents is 1. The molecule has 3 rings (SSSR count). The minimum absolute atomic E-state index is 0.0672. The lowest BCUT2D eigenvalue weighted by atomic mass is 10.2. The first-order valence-corrected chi connectivity index (χ1v) is 9.80. The van der Waals surface area contributed by atoms with Gasteiger partial charge in [-0.05, 0) is 37.0 Å². The normalized spacial score (nSPS) is 14.6. The number of aromatic nitrogens is 1. The number of nitrogens with one attached hydrogen (secondary N) is 1. The molecule has 1 N–H and O–H groups in total. The van der Waals surface area contributed by atoms with E-state index in [1.807, 2.05) is 12.1 Å². The highest BCUT2D eigenvalue weighted by molar-refractivity contribution is 7.89. The number of nitrogens with zero attached hydrogens (tertiary/aromatic N) is 3. The van der Waals surface area contributed by atoms with Crippen molar-refractivity contribution in [2.24, 2.45) is 0 Å². The highest BCUT2D eigenvalue weighted by Gasteiger charge is 2.20. The smallest absolute Gasteiger partial charge is 0.270 e. The van der Waals surface area contributed by atoms with Crippen LogP contribution in [0.1, 0.15) is 24.0 Å². The second kappa shape index (κ2) is 7.38. The molecule has 1 aliphatic heterocycles. The lowest BCUT2D eigenvalue weighted by Gasteiger charge is -2.16. The molecule has 0 radical (unpaired) electrons. The summed E-state index contributed by atoms with van der Waals surface area (Å²) in [6, 6.07) is 7.51. The highest BCUT2D eigenvalue weighted by atomic mass is 32.2. The number of anilines is 1. The van der Waals surface area contributed by atoms with Crippen LogP contribution in [0.5, 0.6) is 0 Å². The van der Waals surface area contributed by atoms with Crippen molar-refractivity contribution >= 4 is 21.5 Å². The van der Waals surface area contributed by atoms with Crippen molar-refractivity contribution in [2.75, 3.05) is 18.0 Å². The van der Waals surface area contributed by atoms with Crippen LogP contribution in [-0.2, 0) is 16.6 Å². The van der Waals surface area contributed by atoms with Crippen molar-refractivity contribution in [3.63, 3.8) is 0 Å². The Bertz CT molecular complexity index is 907. The lowest BCUT2D eigenvalue weighted by molar-refractivity contribution is -0.385. The van der Waals surface area contributed by atoms with E-state index in [1.165, 1.54) is 12.1 Å². The Morgan fingerprint density at radius 2 is 1.96 bits per heavy atom. The maximum Gasteiger partial charge on any atom is 0.270 e. The van der Waals surface area contributed by atoms with Crippen LogP contribution in [0.15, 0.2) is 41.4 Å². The summed E-state index contributed by atoms with van der Waals surface area (Å²) in [4.78, 5) is 16.8. The number of sulfonamides is 1. The lowest BCUT2D eigenvalue weighted by Crippen LogP contribution is -2.24. The number of pyridine rings is 1. The van der Waals surface area contributed by atoms with E-state index in [1.54, 1.807) is 13.1 Å². The Labute approximate surface area is 152 Å². The number of nitro groups is 1. The highest BCUT2D eigenvalue weighted by Crippen LogP contribution is 2.22. The van der Waals surface area contributed by atoms with E-state index < -0.39 is 14.9 Å². The van der Waals surface area contributed by atoms with Gasteiger partial charge < -0.3 is 4.90 Å². The van der Waals surface area contributed by atoms with Crippen LogP contribution >= 0.6 is 0 Å². The quantitative estimate of drug-likeness (QED) is 0.613. The third-order valence-electron chi connectivity index (χ3n) is 4.38. The number of hydrogen-bond acceptors (Lipinski definition) is 6. The average molecular weight is 376 g/mol. The molecule has 1 fully saturated rings. The summed E-state index contributed by atoms with van der Waals surface area (Å²) in [7, 11) is -3.86. The molecule has 0 unspecified atom stereocenters. The van der Waals surface area contributed by atoms with Gasteiger partial charge in [0.05, 0.1) is 9.82 Å². The Hall–Kier alpha value is -2.52. The Morgan fingerprint density at radius 1 is 1.23 bits per heavy atom. The minimum Gasteiger partial charge on any atom is -0.357 e. The van der Waals surface area contributed by atoms with Gasteiger partial charge in [-0.2, -0.15) is 0 Å². The molecule has 0 spiro atoms. The van der Waals surface area contributed by atoms with E-state index in [9.17, 15) is 18.5 Å². The number of rotatable bonds is 6. The first kappa shape index (κ1) is 18.3. The molecule has 0 aliphatic carbocycles. The summed E-state index contributed by atoms with van der Waals surface area (Å²) in [5, 5.41) is 10.9. The summed E-state index contributed by atoms with van der Waals surface area (Å²) >= 11 is 0. The van der Waals surface area contributed by atoms with Crippen LogP contribution < -0.4 is 9.62 Å². The van der Waals surface area contributed by atoms with Crippen LogP contribution in [0, 0.1) is 17.0 Å². The second-order valence-electron chi connectivity index (χ2n) is 6.25. The summed E-state index contributed by atoms with van der Waals surface area (Å²) in [6.45, 7) is 3.65. The molecule has 0 amide bonds. The summed E-state index contributed by atoms with van der Waals surface area (Å²) in [5.74, 6) is 0.892. The van der Waals surface area contributed by atoms with Gasteiger partial charge in [-0.15, -0.1) is 0 Å². The second-order valence-corrected chi connectivity index (χ2v) is 7.99. The predicted molar refractivity (Wildman–Crippen MR) is 97.5 cm³/mol. The van der Waals surface area contributed by atoms with Crippen molar-refractivity contribution in [1.29, 1.82) is 0 Å². The number of hydrogen-bond donors (Lipinski definition) is 1. The maximum absolute atomic E-state index is 12.5. The number of benzene rings is 1. The topological polar surface area (TPSA) is 105 Å². The first-order valence-electron chi connectivity index (χ1n) is 8.31. The monoisotopic (exact) mass is 376 g/mol. The van der Waals surface area contributed by atoms with Gasteiger partial charge in [-0.1, -0.05) is 12.1 Å². The maximum atomic E-state index is 12.5. The van der Waals surface area contributed by atoms with Gasteiger partial charge in [-0.25, -0.2) is 18.1 Å². The van der Waals surface area contributed by atoms with Gasteiger partial charge >= 0.3 is 0 Å². The third kappa shape index (κ3) is 4.00. The molecule has 0 atom stereocenters. The van der Waals surface area contributed by atoms with Crippen LogP contribution in [0.2, 0.25) is 0 Å². The summed E-state index contributed by atoms with van der Waals surface area (Å²) in [5.41, 5.74) is 0.915. The fourth-order valence-electron chi connectivity index (χ4n) is 2.90. The van der Waals surface area contributed by atoms with Crippen LogP contribution in [-0.4, -0.2) is 31.4 Å².